The van der Waals surface area contributed by atoms with E-state index in [1.807, 2.05) is 0 Å². The third-order valence-electron chi connectivity index (χ3n) is 5.51. The van der Waals surface area contributed by atoms with Crippen LogP contribution in [0.15, 0.2) is 0 Å². The van der Waals surface area contributed by atoms with Crippen LogP contribution in [0.4, 0.5) is 0 Å². The van der Waals surface area contributed by atoms with E-state index in [1.165, 1.54) is 45.2 Å². The Balaban J connectivity index is 1.94. The summed E-state index contributed by atoms with van der Waals surface area (Å²) < 4.78 is 0. The van der Waals surface area contributed by atoms with E-state index in [2.05, 4.69) is 37.9 Å². The summed E-state index contributed by atoms with van der Waals surface area (Å²) in [5, 5.41) is 3.67. The second kappa shape index (κ2) is 7.08. The van der Waals surface area contributed by atoms with Crippen LogP contribution < -0.4 is 5.32 Å². The number of nitrogens with one attached hydrogen (secondary N) is 1. The first-order valence-corrected chi connectivity index (χ1v) is 8.61. The Labute approximate surface area is 120 Å². The van der Waals surface area contributed by atoms with Gasteiger partial charge in [0.15, 0.2) is 0 Å². The van der Waals surface area contributed by atoms with Gasteiger partial charge in [-0.2, -0.15) is 0 Å². The predicted molar refractivity (Wildman–Crippen MR) is 83.4 cm³/mol. The molecule has 2 heteroatoms. The van der Waals surface area contributed by atoms with Crippen molar-refractivity contribution < 1.29 is 0 Å². The zero-order valence-electron chi connectivity index (χ0n) is 13.5. The highest BCUT2D eigenvalue weighted by Crippen LogP contribution is 2.35. The standard InChI is InChI=1S/C17H34N2/c1-5-18-16-10-11-19(12-14(16)4)17-9-7-6-8-15(17)13(2)3/h13-18H,5-12H2,1-4H3. The van der Waals surface area contributed by atoms with E-state index in [-0.39, 0.29) is 0 Å². The van der Waals surface area contributed by atoms with Crippen molar-refractivity contribution >= 4 is 0 Å². The molecule has 0 aromatic rings. The molecule has 4 atom stereocenters. The van der Waals surface area contributed by atoms with E-state index in [0.717, 1.165) is 36.4 Å². The van der Waals surface area contributed by atoms with Crippen molar-refractivity contribution in [2.24, 2.45) is 17.8 Å². The maximum atomic E-state index is 3.67. The molecule has 0 spiro atoms. The van der Waals surface area contributed by atoms with Crippen LogP contribution in [-0.2, 0) is 0 Å². The fourth-order valence-electron chi connectivity index (χ4n) is 4.42. The quantitative estimate of drug-likeness (QED) is 0.837. The second-order valence-corrected chi connectivity index (χ2v) is 7.18. The number of rotatable bonds is 4. The normalized spacial score (nSPS) is 37.7. The SMILES string of the molecule is CCNC1CCN(C2CCCCC2C(C)C)CC1C. The van der Waals surface area contributed by atoms with E-state index in [0.29, 0.717) is 0 Å². The summed E-state index contributed by atoms with van der Waals surface area (Å²) in [6, 6.07) is 1.63. The van der Waals surface area contributed by atoms with Gasteiger partial charge in [-0.15, -0.1) is 0 Å². The molecule has 0 radical (unpaired) electrons. The Bertz CT molecular complexity index is 264. The number of likely N-dealkylation sites (tertiary alicyclic amines) is 1. The summed E-state index contributed by atoms with van der Waals surface area (Å²) >= 11 is 0. The van der Waals surface area contributed by atoms with Gasteiger partial charge < -0.3 is 5.32 Å². The summed E-state index contributed by atoms with van der Waals surface area (Å²) in [6.07, 6.45) is 7.17. The van der Waals surface area contributed by atoms with Gasteiger partial charge in [-0.25, -0.2) is 0 Å². The lowest BCUT2D eigenvalue weighted by Gasteiger charge is -2.47. The number of nitrogens with zero attached hydrogens (tertiary/aromatic N) is 1. The maximum absolute atomic E-state index is 3.67. The lowest BCUT2D eigenvalue weighted by molar-refractivity contribution is 0.0360. The van der Waals surface area contributed by atoms with Crippen LogP contribution in [0.25, 0.3) is 0 Å². The first-order chi connectivity index (χ1) is 9.13. The van der Waals surface area contributed by atoms with Crippen LogP contribution in [0, 0.1) is 17.8 Å². The Kier molecular flexibility index (Phi) is 5.70. The van der Waals surface area contributed by atoms with Gasteiger partial charge in [0.1, 0.15) is 0 Å². The van der Waals surface area contributed by atoms with Crippen LogP contribution in [-0.4, -0.2) is 36.6 Å². The molecule has 112 valence electrons. The lowest BCUT2D eigenvalue weighted by Crippen LogP contribution is -2.54. The summed E-state index contributed by atoms with van der Waals surface area (Å²) in [7, 11) is 0. The summed E-state index contributed by atoms with van der Waals surface area (Å²) in [4.78, 5) is 2.84. The third-order valence-corrected chi connectivity index (χ3v) is 5.51. The maximum Gasteiger partial charge on any atom is 0.0126 e. The summed E-state index contributed by atoms with van der Waals surface area (Å²) in [5.74, 6) is 2.60. The molecule has 2 rings (SSSR count). The molecule has 2 nitrogen and oxygen atoms in total. The Morgan fingerprint density at radius 2 is 1.89 bits per heavy atom. The molecule has 2 fully saturated rings. The second-order valence-electron chi connectivity index (χ2n) is 7.18. The minimum absolute atomic E-state index is 0.752. The Morgan fingerprint density at radius 3 is 2.53 bits per heavy atom. The fraction of sp³-hybridized carbons (Fsp3) is 1.00. The van der Waals surface area contributed by atoms with Crippen molar-refractivity contribution in [3.63, 3.8) is 0 Å². The van der Waals surface area contributed by atoms with Gasteiger partial charge in [-0.1, -0.05) is 40.5 Å². The highest BCUT2D eigenvalue weighted by atomic mass is 15.2. The first kappa shape index (κ1) is 15.3. The minimum atomic E-state index is 0.752. The summed E-state index contributed by atoms with van der Waals surface area (Å²) in [5.41, 5.74) is 0. The predicted octanol–water partition coefficient (Wildman–Crippen LogP) is 3.52. The smallest absolute Gasteiger partial charge is 0.0126 e. The molecular weight excluding hydrogens is 232 g/mol. The highest BCUT2D eigenvalue weighted by molar-refractivity contribution is 4.90. The van der Waals surface area contributed by atoms with Gasteiger partial charge in [0, 0.05) is 18.6 Å². The molecule has 2 aliphatic rings. The van der Waals surface area contributed by atoms with Crippen LogP contribution in [0.1, 0.15) is 59.8 Å². The highest BCUT2D eigenvalue weighted by Gasteiger charge is 2.35. The number of hydrogen-bond donors (Lipinski definition) is 1. The Morgan fingerprint density at radius 1 is 1.16 bits per heavy atom. The van der Waals surface area contributed by atoms with E-state index < -0.39 is 0 Å². The van der Waals surface area contributed by atoms with Gasteiger partial charge in [0.2, 0.25) is 0 Å². The van der Waals surface area contributed by atoms with Crippen molar-refractivity contribution in [2.75, 3.05) is 19.6 Å². The van der Waals surface area contributed by atoms with E-state index in [1.54, 1.807) is 0 Å². The van der Waals surface area contributed by atoms with Crippen molar-refractivity contribution in [3.05, 3.63) is 0 Å². The van der Waals surface area contributed by atoms with Crippen LogP contribution >= 0.6 is 0 Å². The van der Waals surface area contributed by atoms with Gasteiger partial charge in [0.05, 0.1) is 0 Å². The average molecular weight is 266 g/mol. The van der Waals surface area contributed by atoms with Crippen LogP contribution in [0.2, 0.25) is 0 Å². The first-order valence-electron chi connectivity index (χ1n) is 8.61. The lowest BCUT2D eigenvalue weighted by atomic mass is 9.76. The average Bonchev–Trinajstić information content (AvgIpc) is 2.41. The van der Waals surface area contributed by atoms with Crippen molar-refractivity contribution in [3.8, 4) is 0 Å². The zero-order valence-corrected chi connectivity index (χ0v) is 13.5. The molecule has 4 unspecified atom stereocenters. The monoisotopic (exact) mass is 266 g/mol. The van der Waals surface area contributed by atoms with Crippen molar-refractivity contribution in [2.45, 2.75) is 71.9 Å². The third kappa shape index (κ3) is 3.72. The van der Waals surface area contributed by atoms with Crippen LogP contribution in [0.3, 0.4) is 0 Å². The van der Waals surface area contributed by atoms with Gasteiger partial charge in [0.25, 0.3) is 0 Å². The van der Waals surface area contributed by atoms with Crippen LogP contribution in [0.5, 0.6) is 0 Å². The largest absolute Gasteiger partial charge is 0.314 e. The molecular formula is C17H34N2. The van der Waals surface area contributed by atoms with E-state index >= 15 is 0 Å². The fourth-order valence-corrected chi connectivity index (χ4v) is 4.42. The molecule has 1 saturated heterocycles. The topological polar surface area (TPSA) is 15.3 Å². The zero-order chi connectivity index (χ0) is 13.8. The molecule has 1 aliphatic heterocycles. The van der Waals surface area contributed by atoms with Crippen molar-refractivity contribution in [1.29, 1.82) is 0 Å². The number of hydrogen-bond acceptors (Lipinski definition) is 2. The molecule has 0 aromatic carbocycles. The van der Waals surface area contributed by atoms with E-state index in [9.17, 15) is 0 Å². The van der Waals surface area contributed by atoms with E-state index in [4.69, 9.17) is 0 Å². The molecule has 0 bridgehead atoms. The van der Waals surface area contributed by atoms with Gasteiger partial charge >= 0.3 is 0 Å². The van der Waals surface area contributed by atoms with Crippen molar-refractivity contribution in [1.82, 2.24) is 10.2 Å². The molecule has 0 amide bonds. The molecule has 0 aromatic heterocycles. The molecule has 1 aliphatic carbocycles. The molecule has 1 N–H and O–H groups in total. The van der Waals surface area contributed by atoms with Gasteiger partial charge in [-0.3, -0.25) is 4.90 Å². The van der Waals surface area contributed by atoms with Gasteiger partial charge in [-0.05, 0) is 50.1 Å². The molecule has 1 saturated carbocycles. The Hall–Kier alpha value is -0.0800. The minimum Gasteiger partial charge on any atom is -0.314 e. The molecule has 19 heavy (non-hydrogen) atoms. The molecule has 1 heterocycles. The number of piperidine rings is 1. The summed E-state index contributed by atoms with van der Waals surface area (Å²) in [6.45, 7) is 13.3.